The Balaban J connectivity index is 1.32. The van der Waals surface area contributed by atoms with E-state index < -0.39 is 23.3 Å². The van der Waals surface area contributed by atoms with Gasteiger partial charge in [-0.1, -0.05) is 12.0 Å². The number of phenolic OH excluding ortho intramolecular Hbond substituents is 1. The van der Waals surface area contributed by atoms with Crippen LogP contribution in [0.5, 0.6) is 11.8 Å². The summed E-state index contributed by atoms with van der Waals surface area (Å²) in [5, 5.41) is 13.6. The molecule has 5 aromatic rings. The van der Waals surface area contributed by atoms with Crippen LogP contribution in [-0.4, -0.2) is 63.0 Å². The van der Waals surface area contributed by atoms with E-state index in [1.807, 2.05) is 5.38 Å². The van der Waals surface area contributed by atoms with Gasteiger partial charge < -0.3 is 14.6 Å². The number of pyridine rings is 1. The summed E-state index contributed by atoms with van der Waals surface area (Å²) in [4.78, 5) is 16.8. The highest BCUT2D eigenvalue weighted by Gasteiger charge is 2.49. The summed E-state index contributed by atoms with van der Waals surface area (Å²) in [7, 11) is 0. The second kappa shape index (κ2) is 10.7. The Labute approximate surface area is 260 Å². The molecule has 8 rings (SSSR count). The molecule has 0 spiro atoms. The Hall–Kier alpha value is -4.24. The maximum atomic E-state index is 16.8. The second-order valence-corrected chi connectivity index (χ2v) is 12.8. The number of alkyl halides is 1. The summed E-state index contributed by atoms with van der Waals surface area (Å²) in [6, 6.07) is 5.41. The fourth-order valence-corrected chi connectivity index (χ4v) is 8.34. The maximum absolute atomic E-state index is 16.8. The van der Waals surface area contributed by atoms with Crippen molar-refractivity contribution in [3.63, 3.8) is 0 Å². The van der Waals surface area contributed by atoms with Crippen molar-refractivity contribution < 1.29 is 27.8 Å². The van der Waals surface area contributed by atoms with E-state index in [1.165, 1.54) is 41.8 Å². The molecule has 45 heavy (non-hydrogen) atoms. The van der Waals surface area contributed by atoms with Crippen LogP contribution in [0.2, 0.25) is 0 Å². The fourth-order valence-electron chi connectivity index (χ4n) is 7.23. The van der Waals surface area contributed by atoms with Crippen molar-refractivity contribution >= 4 is 33.0 Å². The number of halogens is 3. The third kappa shape index (κ3) is 4.54. The van der Waals surface area contributed by atoms with Gasteiger partial charge in [-0.25, -0.2) is 13.2 Å². The Morgan fingerprint density at radius 1 is 1.22 bits per heavy atom. The standard InChI is InChI=1S/C34H27F3N4O3S/c1-2-22-26(36)5-4-18-10-21(42)11-24(27(18)22)29-28(37)30-25(13-38-29)31(32-23-6-9-43-15-19(23)16-45-32)40-33(39-30)44-17-34-7-3-8-41(34)14-20(35)12-34/h1,4-5,10-11,13,16,20,42H,3,6-9,12,14-15,17H2/t20-,34+/m1/s1. The first-order valence-corrected chi connectivity index (χ1v) is 15.7. The summed E-state index contributed by atoms with van der Waals surface area (Å²) >= 11 is 1.49. The molecule has 2 aromatic carbocycles. The van der Waals surface area contributed by atoms with Crippen molar-refractivity contribution in [1.29, 1.82) is 0 Å². The van der Waals surface area contributed by atoms with Crippen LogP contribution in [0.1, 0.15) is 36.0 Å². The van der Waals surface area contributed by atoms with Gasteiger partial charge in [-0.3, -0.25) is 9.88 Å². The van der Waals surface area contributed by atoms with Crippen LogP contribution in [0.25, 0.3) is 43.5 Å². The molecule has 0 radical (unpaired) electrons. The topological polar surface area (TPSA) is 80.6 Å². The predicted molar refractivity (Wildman–Crippen MR) is 165 cm³/mol. The zero-order valence-corrected chi connectivity index (χ0v) is 24.9. The molecule has 228 valence electrons. The molecule has 11 heteroatoms. The zero-order chi connectivity index (χ0) is 30.9. The number of aromatic hydroxyl groups is 1. The van der Waals surface area contributed by atoms with Crippen LogP contribution in [0.15, 0.2) is 35.8 Å². The third-order valence-electron chi connectivity index (χ3n) is 9.30. The van der Waals surface area contributed by atoms with Crippen molar-refractivity contribution in [2.24, 2.45) is 0 Å². The molecule has 2 saturated heterocycles. The second-order valence-electron chi connectivity index (χ2n) is 11.9. The molecule has 2 atom stereocenters. The average molecular weight is 629 g/mol. The van der Waals surface area contributed by atoms with Gasteiger partial charge in [-0.05, 0) is 65.9 Å². The van der Waals surface area contributed by atoms with Gasteiger partial charge >= 0.3 is 6.01 Å². The molecule has 2 fully saturated rings. The Bertz CT molecular complexity index is 2060. The normalized spacial score (nSPS) is 21.2. The van der Waals surface area contributed by atoms with Crippen LogP contribution >= 0.6 is 11.3 Å². The molecule has 3 aliphatic heterocycles. The highest BCUT2D eigenvalue weighted by atomic mass is 32.1. The van der Waals surface area contributed by atoms with Gasteiger partial charge in [0, 0.05) is 35.5 Å². The maximum Gasteiger partial charge on any atom is 0.317 e. The minimum absolute atomic E-state index is 0.0255. The van der Waals surface area contributed by atoms with Gasteiger partial charge in [-0.15, -0.1) is 17.8 Å². The summed E-state index contributed by atoms with van der Waals surface area (Å²) in [6.45, 7) is 2.39. The molecule has 3 aliphatic rings. The van der Waals surface area contributed by atoms with E-state index in [9.17, 15) is 13.9 Å². The average Bonchev–Trinajstić information content (AvgIpc) is 3.72. The number of phenols is 1. The Morgan fingerprint density at radius 3 is 2.98 bits per heavy atom. The summed E-state index contributed by atoms with van der Waals surface area (Å²) in [5.41, 5.74) is 2.03. The first kappa shape index (κ1) is 28.2. The number of terminal acetylenes is 1. The highest BCUT2D eigenvalue weighted by Crippen LogP contribution is 2.43. The van der Waals surface area contributed by atoms with Crippen molar-refractivity contribution in [1.82, 2.24) is 19.9 Å². The van der Waals surface area contributed by atoms with E-state index in [1.54, 1.807) is 0 Å². The lowest BCUT2D eigenvalue weighted by molar-refractivity contribution is 0.107. The Kier molecular flexibility index (Phi) is 6.71. The molecular formula is C34H27F3N4O3S. The molecule has 3 aromatic heterocycles. The number of rotatable bonds is 5. The minimum Gasteiger partial charge on any atom is -0.508 e. The molecular weight excluding hydrogens is 601 g/mol. The number of aromatic nitrogens is 3. The van der Waals surface area contributed by atoms with Crippen molar-refractivity contribution in [2.45, 2.75) is 44.0 Å². The summed E-state index contributed by atoms with van der Waals surface area (Å²) < 4.78 is 57.9. The predicted octanol–water partition coefficient (Wildman–Crippen LogP) is 6.57. The van der Waals surface area contributed by atoms with Crippen LogP contribution in [0.3, 0.4) is 0 Å². The highest BCUT2D eigenvalue weighted by molar-refractivity contribution is 7.14. The van der Waals surface area contributed by atoms with Gasteiger partial charge in [0.05, 0.1) is 34.9 Å². The molecule has 0 amide bonds. The van der Waals surface area contributed by atoms with E-state index in [2.05, 4.69) is 20.8 Å². The molecule has 0 bridgehead atoms. The quantitative estimate of drug-likeness (QED) is 0.221. The SMILES string of the molecule is C#Cc1c(F)ccc2cc(O)cc(-c3ncc4c(-c5scc6c5CCOC6)nc(OC[C@@]56CCCN5C[C@H](F)C6)nc4c3F)c12. The molecule has 6 heterocycles. The minimum atomic E-state index is -0.928. The van der Waals surface area contributed by atoms with Crippen LogP contribution < -0.4 is 4.74 Å². The Morgan fingerprint density at radius 2 is 2.11 bits per heavy atom. The lowest BCUT2D eigenvalue weighted by atomic mass is 9.95. The number of hydrogen-bond acceptors (Lipinski definition) is 8. The van der Waals surface area contributed by atoms with Gasteiger partial charge in [0.1, 0.15) is 35.6 Å². The number of ether oxygens (including phenoxy) is 2. The van der Waals surface area contributed by atoms with E-state index >= 15 is 4.39 Å². The molecule has 0 unspecified atom stereocenters. The van der Waals surface area contributed by atoms with Gasteiger partial charge in [0.2, 0.25) is 0 Å². The summed E-state index contributed by atoms with van der Waals surface area (Å²) in [6.07, 6.45) is 9.03. The molecule has 7 nitrogen and oxygen atoms in total. The monoisotopic (exact) mass is 628 g/mol. The fraction of sp³-hybridized carbons (Fsp3) is 0.324. The number of thiophene rings is 1. The summed E-state index contributed by atoms with van der Waals surface area (Å²) in [5.74, 6) is 0.768. The first-order valence-electron chi connectivity index (χ1n) is 14.8. The van der Waals surface area contributed by atoms with Gasteiger partial charge in [0.25, 0.3) is 0 Å². The molecule has 0 aliphatic carbocycles. The zero-order valence-electron chi connectivity index (χ0n) is 24.1. The van der Waals surface area contributed by atoms with Gasteiger partial charge in [-0.2, -0.15) is 9.97 Å². The van der Waals surface area contributed by atoms with E-state index in [4.69, 9.17) is 20.9 Å². The number of hydrogen-bond donors (Lipinski definition) is 1. The molecule has 0 saturated carbocycles. The van der Waals surface area contributed by atoms with Crippen LogP contribution in [0, 0.1) is 24.0 Å². The largest absolute Gasteiger partial charge is 0.508 e. The van der Waals surface area contributed by atoms with Crippen molar-refractivity contribution in [3.8, 4) is 45.9 Å². The van der Waals surface area contributed by atoms with Crippen molar-refractivity contribution in [3.05, 3.63) is 64.2 Å². The van der Waals surface area contributed by atoms with Crippen molar-refractivity contribution in [2.75, 3.05) is 26.3 Å². The first-order chi connectivity index (χ1) is 21.8. The van der Waals surface area contributed by atoms with E-state index in [-0.39, 0.29) is 46.1 Å². The number of fused-ring (bicyclic) bond motifs is 4. The van der Waals surface area contributed by atoms with Crippen LogP contribution in [-0.2, 0) is 17.8 Å². The van der Waals surface area contributed by atoms with E-state index in [0.29, 0.717) is 49.1 Å². The lowest BCUT2D eigenvalue weighted by Crippen LogP contribution is -2.43. The van der Waals surface area contributed by atoms with Gasteiger partial charge in [0.15, 0.2) is 5.82 Å². The molecule has 1 N–H and O–H groups in total. The van der Waals surface area contributed by atoms with Crippen LogP contribution in [0.4, 0.5) is 13.2 Å². The number of nitrogens with zero attached hydrogens (tertiary/aromatic N) is 4. The third-order valence-corrected chi connectivity index (χ3v) is 10.4. The smallest absolute Gasteiger partial charge is 0.317 e. The number of benzene rings is 2. The van der Waals surface area contributed by atoms with E-state index in [0.717, 1.165) is 35.4 Å². The lowest BCUT2D eigenvalue weighted by Gasteiger charge is -2.30.